The first-order valence-electron chi connectivity index (χ1n) is 10.1. The molecule has 2 aromatic rings. The molecule has 3 nitrogen and oxygen atoms in total. The highest BCUT2D eigenvalue weighted by Gasteiger charge is 2.21. The fourth-order valence-corrected chi connectivity index (χ4v) is 3.76. The van der Waals surface area contributed by atoms with Crippen molar-refractivity contribution in [2.75, 3.05) is 0 Å². The zero-order valence-electron chi connectivity index (χ0n) is 17.0. The lowest BCUT2D eigenvalue weighted by Gasteiger charge is -2.24. The number of hydrogen-bond acceptors (Lipinski definition) is 2. The molecule has 1 amide bonds. The van der Waals surface area contributed by atoms with Crippen LogP contribution in [0.2, 0.25) is 0 Å². The summed E-state index contributed by atoms with van der Waals surface area (Å²) in [5.74, 6) is 0.708. The summed E-state index contributed by atoms with van der Waals surface area (Å²) in [5, 5.41) is 3.18. The molecule has 1 N–H and O–H groups in total. The lowest BCUT2D eigenvalue weighted by Crippen LogP contribution is -2.38. The van der Waals surface area contributed by atoms with E-state index in [1.165, 1.54) is 36.0 Å². The van der Waals surface area contributed by atoms with E-state index in [4.69, 9.17) is 4.74 Å². The van der Waals surface area contributed by atoms with Gasteiger partial charge in [-0.05, 0) is 86.8 Å². The van der Waals surface area contributed by atoms with Crippen molar-refractivity contribution in [3.8, 4) is 5.75 Å². The number of rotatable bonds is 6. The van der Waals surface area contributed by atoms with Gasteiger partial charge in [0.25, 0.3) is 5.91 Å². The molecule has 3 rings (SSSR count). The van der Waals surface area contributed by atoms with Gasteiger partial charge in [-0.3, -0.25) is 4.79 Å². The summed E-state index contributed by atoms with van der Waals surface area (Å²) >= 11 is 0. The first-order chi connectivity index (χ1) is 13.0. The fraction of sp³-hybridized carbons (Fsp3) is 0.458. The SMILES string of the molecule is CC[C@H](NC(=O)[C@@H](C)Oc1cc(C)ccc1C)c1ccc2c(c1)CCCC2. The standard InChI is InChI=1S/C24H31NO2/c1-5-22(21-13-12-19-8-6-7-9-20(19)15-21)25-24(26)18(4)27-23-14-16(2)10-11-17(23)3/h10-15,18,22H,5-9H2,1-4H3,(H,25,26)/t18-,22+/m1/s1. The van der Waals surface area contributed by atoms with Gasteiger partial charge in [0.05, 0.1) is 6.04 Å². The minimum Gasteiger partial charge on any atom is -0.481 e. The Bertz CT molecular complexity index is 812. The Morgan fingerprint density at radius 2 is 1.81 bits per heavy atom. The largest absolute Gasteiger partial charge is 0.481 e. The molecular weight excluding hydrogens is 334 g/mol. The van der Waals surface area contributed by atoms with Crippen LogP contribution in [0.1, 0.15) is 67.0 Å². The van der Waals surface area contributed by atoms with E-state index >= 15 is 0 Å². The molecule has 1 aliphatic carbocycles. The van der Waals surface area contributed by atoms with Gasteiger partial charge in [-0.2, -0.15) is 0 Å². The second-order valence-corrected chi connectivity index (χ2v) is 7.73. The first-order valence-corrected chi connectivity index (χ1v) is 10.1. The number of amides is 1. The highest BCUT2D eigenvalue weighted by molar-refractivity contribution is 5.81. The van der Waals surface area contributed by atoms with Gasteiger partial charge in [-0.25, -0.2) is 0 Å². The summed E-state index contributed by atoms with van der Waals surface area (Å²) in [6.45, 7) is 7.96. The van der Waals surface area contributed by atoms with Crippen LogP contribution in [0.25, 0.3) is 0 Å². The summed E-state index contributed by atoms with van der Waals surface area (Å²) in [6.07, 6.45) is 5.21. The Morgan fingerprint density at radius 1 is 1.07 bits per heavy atom. The Labute approximate surface area is 163 Å². The molecule has 0 saturated heterocycles. The maximum atomic E-state index is 12.7. The molecule has 0 bridgehead atoms. The molecule has 0 spiro atoms. The third-order valence-corrected chi connectivity index (χ3v) is 5.52. The van der Waals surface area contributed by atoms with E-state index in [1.54, 1.807) is 0 Å². The molecule has 1 aliphatic rings. The van der Waals surface area contributed by atoms with Crippen LogP contribution < -0.4 is 10.1 Å². The van der Waals surface area contributed by atoms with Crippen LogP contribution in [-0.4, -0.2) is 12.0 Å². The average Bonchev–Trinajstić information content (AvgIpc) is 2.68. The van der Waals surface area contributed by atoms with Crippen molar-refractivity contribution in [2.45, 2.75) is 71.9 Å². The minimum absolute atomic E-state index is 0.0226. The summed E-state index contributed by atoms with van der Waals surface area (Å²) in [7, 11) is 0. The predicted octanol–water partition coefficient (Wildman–Crippen LogP) is 5.22. The third kappa shape index (κ3) is 4.71. The minimum atomic E-state index is -0.530. The summed E-state index contributed by atoms with van der Waals surface area (Å²) < 4.78 is 5.95. The number of nitrogens with one attached hydrogen (secondary N) is 1. The second kappa shape index (κ2) is 8.60. The smallest absolute Gasteiger partial charge is 0.261 e. The number of ether oxygens (including phenoxy) is 1. The van der Waals surface area contributed by atoms with Crippen LogP contribution in [0.3, 0.4) is 0 Å². The monoisotopic (exact) mass is 365 g/mol. The van der Waals surface area contributed by atoms with Crippen LogP contribution in [0, 0.1) is 13.8 Å². The van der Waals surface area contributed by atoms with Crippen molar-refractivity contribution < 1.29 is 9.53 Å². The maximum absolute atomic E-state index is 12.7. The highest BCUT2D eigenvalue weighted by atomic mass is 16.5. The van der Waals surface area contributed by atoms with Gasteiger partial charge in [0.2, 0.25) is 0 Å². The maximum Gasteiger partial charge on any atom is 0.261 e. The van der Waals surface area contributed by atoms with Gasteiger partial charge in [-0.15, -0.1) is 0 Å². The molecular formula is C24H31NO2. The van der Waals surface area contributed by atoms with E-state index in [-0.39, 0.29) is 11.9 Å². The predicted molar refractivity (Wildman–Crippen MR) is 110 cm³/mol. The van der Waals surface area contributed by atoms with E-state index < -0.39 is 6.10 Å². The van der Waals surface area contributed by atoms with E-state index in [9.17, 15) is 4.79 Å². The molecule has 0 aromatic heterocycles. The van der Waals surface area contributed by atoms with Crippen LogP contribution >= 0.6 is 0 Å². The van der Waals surface area contributed by atoms with Gasteiger partial charge in [0.15, 0.2) is 6.10 Å². The van der Waals surface area contributed by atoms with Crippen molar-refractivity contribution in [1.29, 1.82) is 0 Å². The third-order valence-electron chi connectivity index (χ3n) is 5.52. The van der Waals surface area contributed by atoms with Crippen LogP contribution in [0.5, 0.6) is 5.75 Å². The molecule has 2 aromatic carbocycles. The van der Waals surface area contributed by atoms with Crippen LogP contribution in [0.4, 0.5) is 0 Å². The normalized spacial score (nSPS) is 15.6. The Morgan fingerprint density at radius 3 is 2.56 bits per heavy atom. The molecule has 3 heteroatoms. The number of hydrogen-bond donors (Lipinski definition) is 1. The van der Waals surface area contributed by atoms with Gasteiger partial charge >= 0.3 is 0 Å². The van der Waals surface area contributed by atoms with Crippen LogP contribution in [-0.2, 0) is 17.6 Å². The first kappa shape index (κ1) is 19.5. The summed E-state index contributed by atoms with van der Waals surface area (Å²) in [5.41, 5.74) is 6.29. The lowest BCUT2D eigenvalue weighted by atomic mass is 9.89. The Hall–Kier alpha value is -2.29. The number of carbonyl (C=O) groups excluding carboxylic acids is 1. The molecule has 0 heterocycles. The van der Waals surface area contributed by atoms with Crippen molar-refractivity contribution in [3.63, 3.8) is 0 Å². The molecule has 0 fully saturated rings. The molecule has 27 heavy (non-hydrogen) atoms. The van der Waals surface area contributed by atoms with Gasteiger partial charge < -0.3 is 10.1 Å². The van der Waals surface area contributed by atoms with Crippen molar-refractivity contribution in [2.24, 2.45) is 0 Å². The highest BCUT2D eigenvalue weighted by Crippen LogP contribution is 2.26. The number of aryl methyl sites for hydroxylation is 4. The van der Waals surface area contributed by atoms with E-state index in [0.717, 1.165) is 29.7 Å². The number of benzene rings is 2. The molecule has 144 valence electrons. The van der Waals surface area contributed by atoms with Crippen LogP contribution in [0.15, 0.2) is 36.4 Å². The van der Waals surface area contributed by atoms with Gasteiger partial charge in [0.1, 0.15) is 5.75 Å². The molecule has 0 radical (unpaired) electrons. The number of fused-ring (bicyclic) bond motifs is 1. The zero-order chi connectivity index (χ0) is 19.4. The second-order valence-electron chi connectivity index (χ2n) is 7.73. The van der Waals surface area contributed by atoms with Crippen molar-refractivity contribution >= 4 is 5.91 Å². The Balaban J connectivity index is 1.68. The van der Waals surface area contributed by atoms with E-state index in [0.29, 0.717) is 0 Å². The fourth-order valence-electron chi connectivity index (χ4n) is 3.76. The van der Waals surface area contributed by atoms with Crippen molar-refractivity contribution in [3.05, 3.63) is 64.2 Å². The van der Waals surface area contributed by atoms with Gasteiger partial charge in [-0.1, -0.05) is 37.3 Å². The quantitative estimate of drug-likeness (QED) is 0.762. The molecule has 0 saturated carbocycles. The number of carbonyl (C=O) groups is 1. The topological polar surface area (TPSA) is 38.3 Å². The zero-order valence-corrected chi connectivity index (χ0v) is 17.0. The molecule has 0 unspecified atom stereocenters. The lowest BCUT2D eigenvalue weighted by molar-refractivity contribution is -0.128. The average molecular weight is 366 g/mol. The summed E-state index contributed by atoms with van der Waals surface area (Å²) in [6, 6.07) is 12.8. The van der Waals surface area contributed by atoms with E-state index in [2.05, 4.69) is 36.5 Å². The molecule has 2 atom stereocenters. The summed E-state index contributed by atoms with van der Waals surface area (Å²) in [4.78, 5) is 12.7. The Kier molecular flexibility index (Phi) is 6.20. The van der Waals surface area contributed by atoms with Crippen molar-refractivity contribution in [1.82, 2.24) is 5.32 Å². The van der Waals surface area contributed by atoms with Gasteiger partial charge in [0, 0.05) is 0 Å². The molecule has 0 aliphatic heterocycles. The van der Waals surface area contributed by atoms with E-state index in [1.807, 2.05) is 32.9 Å².